The molecule has 1 atom stereocenters. The Morgan fingerprint density at radius 2 is 2.10 bits per heavy atom. The van der Waals surface area contributed by atoms with E-state index in [0.29, 0.717) is 0 Å². The highest BCUT2D eigenvalue weighted by Gasteiger charge is 2.30. The van der Waals surface area contributed by atoms with Crippen LogP contribution < -0.4 is 10.9 Å². The molecule has 0 saturated carbocycles. The first-order valence-corrected chi connectivity index (χ1v) is 5.98. The molecule has 0 radical (unpaired) electrons. The number of pyridine rings is 1. The molecular formula is C13H18N2O5. The number of carboxylic acid groups (broad SMARTS) is 1. The maximum Gasteiger partial charge on any atom is 0.305 e. The smallest absolute Gasteiger partial charge is 0.305 e. The molecule has 0 aromatic carbocycles. The van der Waals surface area contributed by atoms with Crippen molar-refractivity contribution >= 4 is 11.9 Å². The summed E-state index contributed by atoms with van der Waals surface area (Å²) in [6, 6.07) is 4.30. The summed E-state index contributed by atoms with van der Waals surface area (Å²) in [7, 11) is 2.90. The molecule has 20 heavy (non-hydrogen) atoms. The molecule has 1 unspecified atom stereocenters. The Hall–Kier alpha value is -2.15. The number of nitrogens with one attached hydrogen (secondary N) is 1. The van der Waals surface area contributed by atoms with Crippen molar-refractivity contribution < 1.29 is 19.4 Å². The maximum atomic E-state index is 12.2. The number of hydrogen-bond acceptors (Lipinski definition) is 4. The van der Waals surface area contributed by atoms with Gasteiger partial charge in [-0.1, -0.05) is 6.07 Å². The van der Waals surface area contributed by atoms with Crippen molar-refractivity contribution in [2.24, 2.45) is 7.05 Å². The number of methoxy groups -OCH3 is 1. The van der Waals surface area contributed by atoms with E-state index in [1.54, 1.807) is 6.92 Å². The number of ether oxygens (including phenoxy) is 1. The van der Waals surface area contributed by atoms with Gasteiger partial charge in [0.05, 0.1) is 18.6 Å². The van der Waals surface area contributed by atoms with Gasteiger partial charge in [0.15, 0.2) is 0 Å². The second kappa shape index (κ2) is 6.33. The maximum absolute atomic E-state index is 12.2. The van der Waals surface area contributed by atoms with E-state index in [4.69, 9.17) is 9.84 Å². The quantitative estimate of drug-likeness (QED) is 0.765. The summed E-state index contributed by atoms with van der Waals surface area (Å²) in [6.45, 7) is 1.62. The average Bonchev–Trinajstić information content (AvgIpc) is 2.31. The topological polar surface area (TPSA) is 97.6 Å². The Balaban J connectivity index is 2.99. The van der Waals surface area contributed by atoms with Crippen molar-refractivity contribution in [1.82, 2.24) is 9.88 Å². The largest absolute Gasteiger partial charge is 0.481 e. The van der Waals surface area contributed by atoms with Crippen LogP contribution in [0.2, 0.25) is 0 Å². The molecule has 0 bridgehead atoms. The third kappa shape index (κ3) is 3.92. The van der Waals surface area contributed by atoms with Crippen molar-refractivity contribution in [2.45, 2.75) is 18.9 Å². The van der Waals surface area contributed by atoms with Gasteiger partial charge in [-0.3, -0.25) is 14.4 Å². The Morgan fingerprint density at radius 1 is 1.45 bits per heavy atom. The molecule has 2 N–H and O–H groups in total. The first kappa shape index (κ1) is 15.9. The highest BCUT2D eigenvalue weighted by molar-refractivity contribution is 5.93. The Labute approximate surface area is 116 Å². The van der Waals surface area contributed by atoms with Gasteiger partial charge in [-0.2, -0.15) is 0 Å². The molecule has 0 aliphatic heterocycles. The first-order chi connectivity index (χ1) is 9.29. The van der Waals surface area contributed by atoms with Gasteiger partial charge in [-0.15, -0.1) is 0 Å². The van der Waals surface area contributed by atoms with Gasteiger partial charge in [0, 0.05) is 20.2 Å². The molecule has 1 rings (SSSR count). The third-order valence-corrected chi connectivity index (χ3v) is 2.84. The zero-order valence-corrected chi connectivity index (χ0v) is 11.7. The lowest BCUT2D eigenvalue weighted by Crippen LogP contribution is -2.51. The van der Waals surface area contributed by atoms with Gasteiger partial charge in [0.1, 0.15) is 5.69 Å². The van der Waals surface area contributed by atoms with E-state index in [1.165, 1.54) is 36.9 Å². The molecule has 1 heterocycles. The van der Waals surface area contributed by atoms with Crippen LogP contribution in [0.5, 0.6) is 0 Å². The van der Waals surface area contributed by atoms with Crippen LogP contribution >= 0.6 is 0 Å². The number of carbonyl (C=O) groups is 2. The highest BCUT2D eigenvalue weighted by Crippen LogP contribution is 2.11. The van der Waals surface area contributed by atoms with E-state index in [0.717, 1.165) is 0 Å². The van der Waals surface area contributed by atoms with Crippen molar-refractivity contribution in [3.05, 3.63) is 34.2 Å². The normalized spacial score (nSPS) is 13.6. The zero-order valence-electron chi connectivity index (χ0n) is 11.7. The number of carboxylic acids is 1. The number of hydrogen-bond donors (Lipinski definition) is 2. The van der Waals surface area contributed by atoms with E-state index < -0.39 is 17.4 Å². The minimum atomic E-state index is -1.05. The SMILES string of the molecule is COCC(C)(CC(=O)O)NC(=O)c1cccc(=O)n1C. The zero-order chi connectivity index (χ0) is 15.3. The fraction of sp³-hybridized carbons (Fsp3) is 0.462. The molecule has 110 valence electrons. The third-order valence-electron chi connectivity index (χ3n) is 2.84. The Morgan fingerprint density at radius 3 is 2.65 bits per heavy atom. The van der Waals surface area contributed by atoms with Crippen LogP contribution in [0.25, 0.3) is 0 Å². The van der Waals surface area contributed by atoms with E-state index in [2.05, 4.69) is 5.32 Å². The molecule has 0 spiro atoms. The van der Waals surface area contributed by atoms with Crippen LogP contribution in [0.3, 0.4) is 0 Å². The van der Waals surface area contributed by atoms with E-state index in [1.807, 2.05) is 0 Å². The summed E-state index contributed by atoms with van der Waals surface area (Å²) in [5.41, 5.74) is -1.21. The van der Waals surface area contributed by atoms with Crippen molar-refractivity contribution in [1.29, 1.82) is 0 Å². The molecule has 1 aromatic heterocycles. The lowest BCUT2D eigenvalue weighted by molar-refractivity contribution is -0.139. The fourth-order valence-corrected chi connectivity index (χ4v) is 1.91. The number of amides is 1. The Kier molecular flexibility index (Phi) is 5.04. The van der Waals surface area contributed by atoms with E-state index in [-0.39, 0.29) is 24.3 Å². The van der Waals surface area contributed by atoms with Crippen molar-refractivity contribution in [2.75, 3.05) is 13.7 Å². The van der Waals surface area contributed by atoms with E-state index >= 15 is 0 Å². The average molecular weight is 282 g/mol. The van der Waals surface area contributed by atoms with Crippen LogP contribution in [0.1, 0.15) is 23.8 Å². The summed E-state index contributed by atoms with van der Waals surface area (Å²) < 4.78 is 6.15. The number of carbonyl (C=O) groups excluding carboxylic acids is 1. The molecule has 1 aromatic rings. The second-order valence-electron chi connectivity index (χ2n) is 4.83. The predicted octanol–water partition coefficient (Wildman–Crippen LogP) is -0.00510. The summed E-state index contributed by atoms with van der Waals surface area (Å²) in [6.07, 6.45) is -0.284. The molecule has 0 aliphatic carbocycles. The van der Waals surface area contributed by atoms with Gasteiger partial charge in [0.25, 0.3) is 11.5 Å². The minimum absolute atomic E-state index is 0.0474. The number of aliphatic carboxylic acids is 1. The lowest BCUT2D eigenvalue weighted by Gasteiger charge is -2.28. The molecule has 0 fully saturated rings. The van der Waals surface area contributed by atoms with Gasteiger partial charge in [-0.25, -0.2) is 0 Å². The summed E-state index contributed by atoms with van der Waals surface area (Å²) in [5, 5.41) is 11.5. The molecule has 0 aliphatic rings. The molecule has 0 saturated heterocycles. The number of rotatable bonds is 6. The van der Waals surface area contributed by atoms with E-state index in [9.17, 15) is 14.4 Å². The van der Waals surface area contributed by atoms with Crippen LogP contribution in [0, 0.1) is 0 Å². The fourth-order valence-electron chi connectivity index (χ4n) is 1.91. The summed E-state index contributed by atoms with van der Waals surface area (Å²) in [4.78, 5) is 34.5. The van der Waals surface area contributed by atoms with Crippen molar-refractivity contribution in [3.63, 3.8) is 0 Å². The van der Waals surface area contributed by atoms with Gasteiger partial charge < -0.3 is 19.7 Å². The van der Waals surface area contributed by atoms with Crippen LogP contribution in [0.15, 0.2) is 23.0 Å². The minimum Gasteiger partial charge on any atom is -0.481 e. The molecular weight excluding hydrogens is 264 g/mol. The summed E-state index contributed by atoms with van der Waals surface area (Å²) >= 11 is 0. The highest BCUT2D eigenvalue weighted by atomic mass is 16.5. The first-order valence-electron chi connectivity index (χ1n) is 5.98. The van der Waals surface area contributed by atoms with Crippen LogP contribution in [-0.2, 0) is 16.6 Å². The van der Waals surface area contributed by atoms with Gasteiger partial charge >= 0.3 is 5.97 Å². The monoisotopic (exact) mass is 282 g/mol. The number of aromatic nitrogens is 1. The van der Waals surface area contributed by atoms with Gasteiger partial charge in [0.2, 0.25) is 0 Å². The van der Waals surface area contributed by atoms with Crippen molar-refractivity contribution in [3.8, 4) is 0 Å². The molecule has 7 heteroatoms. The molecule has 1 amide bonds. The predicted molar refractivity (Wildman–Crippen MR) is 71.7 cm³/mol. The standard InChI is InChI=1S/C13H18N2O5/c1-13(8-20-3,7-11(17)18)14-12(19)9-5-4-6-10(16)15(9)2/h4-6H,7-8H2,1-3H3,(H,14,19)(H,17,18). The lowest BCUT2D eigenvalue weighted by atomic mass is 9.98. The molecule has 7 nitrogen and oxygen atoms in total. The summed E-state index contributed by atoms with van der Waals surface area (Å²) in [5.74, 6) is -1.57. The Bertz CT molecular complexity index is 566. The van der Waals surface area contributed by atoms with Crippen LogP contribution in [0.4, 0.5) is 0 Å². The number of nitrogens with zero attached hydrogens (tertiary/aromatic N) is 1. The second-order valence-corrected chi connectivity index (χ2v) is 4.83. The van der Waals surface area contributed by atoms with Crippen LogP contribution in [-0.4, -0.2) is 40.8 Å². The van der Waals surface area contributed by atoms with Gasteiger partial charge in [-0.05, 0) is 13.0 Å².